The van der Waals surface area contributed by atoms with Gasteiger partial charge in [0.25, 0.3) is 5.91 Å². The molecule has 0 heterocycles. The van der Waals surface area contributed by atoms with Crippen LogP contribution in [-0.2, 0) is 4.79 Å². The molecule has 4 nitrogen and oxygen atoms in total. The van der Waals surface area contributed by atoms with Crippen LogP contribution in [0.5, 0.6) is 0 Å². The van der Waals surface area contributed by atoms with Gasteiger partial charge in [0.1, 0.15) is 0 Å². The van der Waals surface area contributed by atoms with Crippen molar-refractivity contribution in [2.45, 2.75) is 0 Å². The molecular formula is C15H12Cl2IN3O. The average molecular weight is 448 g/mol. The molecule has 0 saturated carbocycles. The number of hydrazone groups is 1. The molecule has 114 valence electrons. The van der Waals surface area contributed by atoms with Crippen LogP contribution < -0.4 is 10.7 Å². The molecule has 0 aliphatic rings. The largest absolute Gasteiger partial charge is 0.376 e. The van der Waals surface area contributed by atoms with E-state index in [1.165, 1.54) is 6.21 Å². The van der Waals surface area contributed by atoms with Crippen molar-refractivity contribution in [3.05, 3.63) is 61.6 Å². The van der Waals surface area contributed by atoms with Crippen LogP contribution in [0.2, 0.25) is 10.0 Å². The van der Waals surface area contributed by atoms with Crippen LogP contribution in [0.1, 0.15) is 5.56 Å². The Morgan fingerprint density at radius 2 is 1.91 bits per heavy atom. The molecule has 0 aliphatic carbocycles. The normalized spacial score (nSPS) is 10.7. The smallest absolute Gasteiger partial charge is 0.259 e. The monoisotopic (exact) mass is 447 g/mol. The lowest BCUT2D eigenvalue weighted by atomic mass is 10.2. The summed E-state index contributed by atoms with van der Waals surface area (Å²) in [5, 5.41) is 7.90. The fourth-order valence-electron chi connectivity index (χ4n) is 1.57. The van der Waals surface area contributed by atoms with Gasteiger partial charge in [-0.2, -0.15) is 5.10 Å². The Hall–Kier alpha value is -1.31. The van der Waals surface area contributed by atoms with E-state index in [4.69, 9.17) is 23.2 Å². The number of rotatable bonds is 5. The van der Waals surface area contributed by atoms with Crippen LogP contribution in [0.4, 0.5) is 5.69 Å². The highest BCUT2D eigenvalue weighted by Crippen LogP contribution is 2.19. The van der Waals surface area contributed by atoms with Crippen molar-refractivity contribution in [3.8, 4) is 0 Å². The summed E-state index contributed by atoms with van der Waals surface area (Å²) < 4.78 is 1.14. The van der Waals surface area contributed by atoms with Gasteiger partial charge in [-0.25, -0.2) is 5.43 Å². The highest BCUT2D eigenvalue weighted by atomic mass is 127. The van der Waals surface area contributed by atoms with E-state index in [2.05, 4.69) is 38.4 Å². The van der Waals surface area contributed by atoms with Crippen LogP contribution in [0.15, 0.2) is 47.6 Å². The Morgan fingerprint density at radius 1 is 1.18 bits per heavy atom. The fourth-order valence-corrected chi connectivity index (χ4v) is 2.39. The lowest BCUT2D eigenvalue weighted by molar-refractivity contribution is -0.119. The number of nitrogens with zero attached hydrogens (tertiary/aromatic N) is 1. The molecule has 2 rings (SSSR count). The van der Waals surface area contributed by atoms with Crippen molar-refractivity contribution < 1.29 is 4.79 Å². The predicted molar refractivity (Wildman–Crippen MR) is 99.8 cm³/mol. The minimum Gasteiger partial charge on any atom is -0.376 e. The molecule has 0 bridgehead atoms. The van der Waals surface area contributed by atoms with E-state index in [1.807, 2.05) is 24.3 Å². The zero-order chi connectivity index (χ0) is 15.9. The number of amides is 1. The van der Waals surface area contributed by atoms with Gasteiger partial charge in [0.15, 0.2) is 0 Å². The second-order valence-corrected chi connectivity index (χ2v) is 6.41. The van der Waals surface area contributed by atoms with Gasteiger partial charge in [-0.3, -0.25) is 4.79 Å². The first-order valence-corrected chi connectivity index (χ1v) is 8.14. The SMILES string of the molecule is O=C(CNc1ccc(I)cc1)N/N=C\c1ccc(Cl)cc1Cl. The second-order valence-electron chi connectivity index (χ2n) is 4.32. The number of benzene rings is 2. The zero-order valence-electron chi connectivity index (χ0n) is 11.3. The summed E-state index contributed by atoms with van der Waals surface area (Å²) in [6, 6.07) is 12.8. The van der Waals surface area contributed by atoms with E-state index in [1.54, 1.807) is 18.2 Å². The summed E-state index contributed by atoms with van der Waals surface area (Å²) in [5.41, 5.74) is 3.98. The second kappa shape index (κ2) is 8.36. The van der Waals surface area contributed by atoms with Crippen LogP contribution in [0.3, 0.4) is 0 Å². The van der Waals surface area contributed by atoms with Crippen LogP contribution in [0, 0.1) is 3.57 Å². The molecule has 0 spiro atoms. The highest BCUT2D eigenvalue weighted by molar-refractivity contribution is 14.1. The van der Waals surface area contributed by atoms with Gasteiger partial charge in [0.05, 0.1) is 17.8 Å². The van der Waals surface area contributed by atoms with E-state index in [0.717, 1.165) is 9.26 Å². The summed E-state index contributed by atoms with van der Waals surface area (Å²) in [6.07, 6.45) is 1.47. The Morgan fingerprint density at radius 3 is 2.59 bits per heavy atom. The van der Waals surface area contributed by atoms with E-state index >= 15 is 0 Å². The van der Waals surface area contributed by atoms with Crippen molar-refractivity contribution >= 4 is 63.6 Å². The van der Waals surface area contributed by atoms with Gasteiger partial charge in [0, 0.05) is 19.8 Å². The number of anilines is 1. The molecule has 2 N–H and O–H groups in total. The number of nitrogens with one attached hydrogen (secondary N) is 2. The number of hydrogen-bond donors (Lipinski definition) is 2. The molecule has 0 fully saturated rings. The summed E-state index contributed by atoms with van der Waals surface area (Å²) in [7, 11) is 0. The Balaban J connectivity index is 1.82. The maximum Gasteiger partial charge on any atom is 0.259 e. The molecule has 22 heavy (non-hydrogen) atoms. The van der Waals surface area contributed by atoms with Gasteiger partial charge in [-0.15, -0.1) is 0 Å². The number of halogens is 3. The first-order chi connectivity index (χ1) is 10.5. The van der Waals surface area contributed by atoms with Crippen LogP contribution >= 0.6 is 45.8 Å². The fraction of sp³-hybridized carbons (Fsp3) is 0.0667. The lowest BCUT2D eigenvalue weighted by Gasteiger charge is -2.05. The molecule has 7 heteroatoms. The van der Waals surface area contributed by atoms with Crippen molar-refractivity contribution in [2.24, 2.45) is 5.10 Å². The predicted octanol–water partition coefficient (Wildman–Crippen LogP) is 4.16. The first kappa shape index (κ1) is 17.1. The molecule has 0 saturated heterocycles. The topological polar surface area (TPSA) is 53.5 Å². The first-order valence-electron chi connectivity index (χ1n) is 6.31. The minimum absolute atomic E-state index is 0.131. The van der Waals surface area contributed by atoms with Gasteiger partial charge < -0.3 is 5.32 Å². The molecule has 2 aromatic carbocycles. The molecule has 1 amide bonds. The van der Waals surface area contributed by atoms with Crippen molar-refractivity contribution in [3.63, 3.8) is 0 Å². The molecule has 0 radical (unpaired) electrons. The number of carbonyl (C=O) groups excluding carboxylic acids is 1. The van der Waals surface area contributed by atoms with Crippen molar-refractivity contribution in [2.75, 3.05) is 11.9 Å². The standard InChI is InChI=1S/C15H12Cl2IN3O/c16-11-2-1-10(14(17)7-11)8-20-21-15(22)9-19-13-5-3-12(18)4-6-13/h1-8,19H,9H2,(H,21,22)/b20-8-. The van der Waals surface area contributed by atoms with E-state index in [9.17, 15) is 4.79 Å². The molecule has 2 aromatic rings. The minimum atomic E-state index is -0.250. The van der Waals surface area contributed by atoms with Gasteiger partial charge in [-0.05, 0) is 59.0 Å². The lowest BCUT2D eigenvalue weighted by Crippen LogP contribution is -2.25. The van der Waals surface area contributed by atoms with Gasteiger partial charge in [0.2, 0.25) is 0 Å². The quantitative estimate of drug-likeness (QED) is 0.410. The molecule has 0 aromatic heterocycles. The molecule has 0 aliphatic heterocycles. The maximum atomic E-state index is 11.7. The summed E-state index contributed by atoms with van der Waals surface area (Å²) in [5.74, 6) is -0.250. The molecule has 0 atom stereocenters. The highest BCUT2D eigenvalue weighted by Gasteiger charge is 2.01. The Labute approximate surface area is 152 Å². The number of carbonyl (C=O) groups is 1. The summed E-state index contributed by atoms with van der Waals surface area (Å²) in [4.78, 5) is 11.7. The third kappa shape index (κ3) is 5.47. The maximum absolute atomic E-state index is 11.7. The molecular weight excluding hydrogens is 436 g/mol. The number of hydrogen-bond acceptors (Lipinski definition) is 3. The summed E-state index contributed by atoms with van der Waals surface area (Å²) in [6.45, 7) is 0.131. The Kier molecular flexibility index (Phi) is 6.48. The van der Waals surface area contributed by atoms with Gasteiger partial charge in [-0.1, -0.05) is 29.3 Å². The third-order valence-electron chi connectivity index (χ3n) is 2.65. The molecule has 0 unspecified atom stereocenters. The van der Waals surface area contributed by atoms with E-state index in [-0.39, 0.29) is 12.5 Å². The summed E-state index contributed by atoms with van der Waals surface area (Å²) >= 11 is 14.0. The zero-order valence-corrected chi connectivity index (χ0v) is 15.0. The van der Waals surface area contributed by atoms with E-state index < -0.39 is 0 Å². The average Bonchev–Trinajstić information content (AvgIpc) is 2.49. The van der Waals surface area contributed by atoms with Crippen molar-refractivity contribution in [1.82, 2.24) is 5.43 Å². The van der Waals surface area contributed by atoms with Crippen LogP contribution in [0.25, 0.3) is 0 Å². The van der Waals surface area contributed by atoms with E-state index in [0.29, 0.717) is 15.6 Å². The van der Waals surface area contributed by atoms with Crippen LogP contribution in [-0.4, -0.2) is 18.7 Å². The Bertz CT molecular complexity index is 690. The van der Waals surface area contributed by atoms with Gasteiger partial charge >= 0.3 is 0 Å². The van der Waals surface area contributed by atoms with Crippen molar-refractivity contribution in [1.29, 1.82) is 0 Å². The third-order valence-corrected chi connectivity index (χ3v) is 3.93.